The molecule has 2 unspecified atom stereocenters. The zero-order valence-electron chi connectivity index (χ0n) is 11.6. The highest BCUT2D eigenvalue weighted by atomic mass is 16.3. The molecule has 0 spiro atoms. The molecule has 0 amide bonds. The minimum atomic E-state index is -0.458. The number of rotatable bonds is 5. The molecular weight excluding hydrogens is 210 g/mol. The summed E-state index contributed by atoms with van der Waals surface area (Å²) in [6.45, 7) is 6.44. The van der Waals surface area contributed by atoms with Gasteiger partial charge in [-0.2, -0.15) is 5.26 Å². The Bertz CT molecular complexity index is 261. The van der Waals surface area contributed by atoms with Crippen LogP contribution in [-0.2, 0) is 0 Å². The minimum Gasteiger partial charge on any atom is -0.391 e. The van der Waals surface area contributed by atoms with E-state index in [9.17, 15) is 10.4 Å². The number of hydrogen-bond donors (Lipinski definition) is 1. The van der Waals surface area contributed by atoms with E-state index in [-0.39, 0.29) is 5.92 Å². The maximum Gasteiger partial charge on any atom is 0.0835 e. The van der Waals surface area contributed by atoms with Crippen LogP contribution in [0.4, 0.5) is 0 Å². The minimum absolute atomic E-state index is 0.248. The second kappa shape index (κ2) is 6.40. The van der Waals surface area contributed by atoms with Crippen LogP contribution in [0.25, 0.3) is 0 Å². The summed E-state index contributed by atoms with van der Waals surface area (Å²) in [5.74, 6) is 1.02. The molecule has 98 valence electrons. The molecule has 1 saturated carbocycles. The van der Waals surface area contributed by atoms with Gasteiger partial charge in [0, 0.05) is 0 Å². The predicted octanol–water partition coefficient (Wildman–Crippen LogP) is 3.89. The highest BCUT2D eigenvalue weighted by Crippen LogP contribution is 2.44. The second-order valence-corrected chi connectivity index (χ2v) is 5.83. The summed E-state index contributed by atoms with van der Waals surface area (Å²) in [5.41, 5.74) is -0.458. The third kappa shape index (κ3) is 3.22. The van der Waals surface area contributed by atoms with Crippen LogP contribution in [0.2, 0.25) is 0 Å². The van der Waals surface area contributed by atoms with Crippen molar-refractivity contribution in [3.63, 3.8) is 0 Å². The molecule has 2 heteroatoms. The summed E-state index contributed by atoms with van der Waals surface area (Å²) in [6.07, 6.45) is 6.86. The van der Waals surface area contributed by atoms with Crippen molar-refractivity contribution >= 4 is 0 Å². The van der Waals surface area contributed by atoms with Crippen LogP contribution in [0.5, 0.6) is 0 Å². The normalized spacial score (nSPS) is 32.8. The van der Waals surface area contributed by atoms with Crippen LogP contribution in [0, 0.1) is 28.6 Å². The lowest BCUT2D eigenvalue weighted by Crippen LogP contribution is -2.41. The number of aliphatic hydroxyl groups excluding tert-OH is 1. The van der Waals surface area contributed by atoms with E-state index in [2.05, 4.69) is 26.8 Å². The quantitative estimate of drug-likeness (QED) is 0.788. The molecule has 0 aromatic rings. The molecule has 0 heterocycles. The molecular formula is C15H27NO. The Kier molecular flexibility index (Phi) is 5.46. The summed E-state index contributed by atoms with van der Waals surface area (Å²) in [5, 5.41) is 19.9. The monoisotopic (exact) mass is 237 g/mol. The Labute approximate surface area is 106 Å². The largest absolute Gasteiger partial charge is 0.391 e. The van der Waals surface area contributed by atoms with Crippen LogP contribution < -0.4 is 0 Å². The molecule has 0 saturated heterocycles. The van der Waals surface area contributed by atoms with E-state index in [1.54, 1.807) is 0 Å². The number of nitrogens with zero attached hydrogens (tertiary/aromatic N) is 1. The van der Waals surface area contributed by atoms with Crippen molar-refractivity contribution in [2.75, 3.05) is 0 Å². The van der Waals surface area contributed by atoms with Crippen LogP contribution >= 0.6 is 0 Å². The molecule has 0 radical (unpaired) electrons. The van der Waals surface area contributed by atoms with Crippen molar-refractivity contribution < 1.29 is 5.11 Å². The second-order valence-electron chi connectivity index (χ2n) is 5.83. The molecule has 2 atom stereocenters. The standard InChI is InChI=1S/C15H27NO/c1-4-6-12(3)14(17)15(11-16)9-7-13(5-2)8-10-15/h12-14,17H,4-10H2,1-3H3. The van der Waals surface area contributed by atoms with Gasteiger partial charge in [-0.1, -0.05) is 33.6 Å². The lowest BCUT2D eigenvalue weighted by atomic mass is 9.65. The number of nitriles is 1. The van der Waals surface area contributed by atoms with Gasteiger partial charge in [0.05, 0.1) is 17.6 Å². The summed E-state index contributed by atoms with van der Waals surface area (Å²) >= 11 is 0. The molecule has 2 nitrogen and oxygen atoms in total. The van der Waals surface area contributed by atoms with Crippen LogP contribution in [0.3, 0.4) is 0 Å². The first-order valence-corrected chi connectivity index (χ1v) is 7.19. The van der Waals surface area contributed by atoms with Gasteiger partial charge in [-0.05, 0) is 43.9 Å². The van der Waals surface area contributed by atoms with E-state index in [4.69, 9.17) is 0 Å². The Morgan fingerprint density at radius 1 is 1.35 bits per heavy atom. The summed E-state index contributed by atoms with van der Waals surface area (Å²) in [6, 6.07) is 2.45. The van der Waals surface area contributed by atoms with Gasteiger partial charge < -0.3 is 5.11 Å². The van der Waals surface area contributed by atoms with Crippen LogP contribution in [0.1, 0.15) is 65.7 Å². The van der Waals surface area contributed by atoms with E-state index in [0.717, 1.165) is 44.4 Å². The molecule has 0 aromatic carbocycles. The highest BCUT2D eigenvalue weighted by Gasteiger charge is 2.43. The van der Waals surface area contributed by atoms with Gasteiger partial charge in [-0.25, -0.2) is 0 Å². The Balaban J connectivity index is 2.67. The van der Waals surface area contributed by atoms with Crippen molar-refractivity contribution in [1.82, 2.24) is 0 Å². The Morgan fingerprint density at radius 3 is 2.35 bits per heavy atom. The maximum absolute atomic E-state index is 10.5. The molecule has 0 aliphatic heterocycles. The molecule has 1 aliphatic rings. The van der Waals surface area contributed by atoms with Gasteiger partial charge in [-0.15, -0.1) is 0 Å². The molecule has 17 heavy (non-hydrogen) atoms. The van der Waals surface area contributed by atoms with Crippen molar-refractivity contribution in [1.29, 1.82) is 5.26 Å². The van der Waals surface area contributed by atoms with E-state index in [1.165, 1.54) is 6.42 Å². The lowest BCUT2D eigenvalue weighted by molar-refractivity contribution is -0.0129. The molecule has 0 aromatic heterocycles. The van der Waals surface area contributed by atoms with Crippen LogP contribution in [0.15, 0.2) is 0 Å². The zero-order chi connectivity index (χ0) is 12.9. The van der Waals surface area contributed by atoms with E-state index in [1.807, 2.05) is 0 Å². The first-order valence-electron chi connectivity index (χ1n) is 7.19. The highest BCUT2D eigenvalue weighted by molar-refractivity contribution is 5.06. The van der Waals surface area contributed by atoms with E-state index >= 15 is 0 Å². The fourth-order valence-electron chi connectivity index (χ4n) is 3.23. The van der Waals surface area contributed by atoms with Crippen molar-refractivity contribution in [2.24, 2.45) is 17.3 Å². The third-order valence-electron chi connectivity index (χ3n) is 4.65. The van der Waals surface area contributed by atoms with E-state index in [0.29, 0.717) is 0 Å². The SMILES string of the molecule is CCCC(C)C(O)C1(C#N)CCC(CC)CC1. The summed E-state index contributed by atoms with van der Waals surface area (Å²) < 4.78 is 0. The van der Waals surface area contributed by atoms with Gasteiger partial charge >= 0.3 is 0 Å². The van der Waals surface area contributed by atoms with Gasteiger partial charge in [0.1, 0.15) is 0 Å². The fraction of sp³-hybridized carbons (Fsp3) is 0.933. The van der Waals surface area contributed by atoms with Gasteiger partial charge in [0.25, 0.3) is 0 Å². The number of hydrogen-bond acceptors (Lipinski definition) is 2. The van der Waals surface area contributed by atoms with Crippen molar-refractivity contribution in [3.8, 4) is 6.07 Å². The average molecular weight is 237 g/mol. The molecule has 1 N–H and O–H groups in total. The summed E-state index contributed by atoms with van der Waals surface area (Å²) in [4.78, 5) is 0. The first-order chi connectivity index (χ1) is 8.09. The van der Waals surface area contributed by atoms with Gasteiger partial charge in [0.15, 0.2) is 0 Å². The molecule has 1 rings (SSSR count). The zero-order valence-corrected chi connectivity index (χ0v) is 11.6. The Hall–Kier alpha value is -0.550. The van der Waals surface area contributed by atoms with Crippen molar-refractivity contribution in [3.05, 3.63) is 0 Å². The molecule has 0 bridgehead atoms. The van der Waals surface area contributed by atoms with Gasteiger partial charge in [0.2, 0.25) is 0 Å². The average Bonchev–Trinajstić information content (AvgIpc) is 2.38. The number of aliphatic hydroxyl groups is 1. The van der Waals surface area contributed by atoms with Crippen molar-refractivity contribution in [2.45, 2.75) is 71.8 Å². The first kappa shape index (κ1) is 14.5. The summed E-state index contributed by atoms with van der Waals surface area (Å²) in [7, 11) is 0. The van der Waals surface area contributed by atoms with Gasteiger partial charge in [-0.3, -0.25) is 0 Å². The molecule has 1 aliphatic carbocycles. The predicted molar refractivity (Wildman–Crippen MR) is 70.4 cm³/mol. The lowest BCUT2D eigenvalue weighted by Gasteiger charge is -2.40. The third-order valence-corrected chi connectivity index (χ3v) is 4.65. The smallest absolute Gasteiger partial charge is 0.0835 e. The topological polar surface area (TPSA) is 44.0 Å². The van der Waals surface area contributed by atoms with Crippen LogP contribution in [-0.4, -0.2) is 11.2 Å². The molecule has 1 fully saturated rings. The fourth-order valence-corrected chi connectivity index (χ4v) is 3.23. The Morgan fingerprint density at radius 2 is 1.94 bits per heavy atom. The van der Waals surface area contributed by atoms with E-state index < -0.39 is 11.5 Å². The maximum atomic E-state index is 10.5.